The van der Waals surface area contributed by atoms with E-state index in [4.69, 9.17) is 17.3 Å². The maximum absolute atomic E-state index is 6.47. The molecule has 3 rings (SSSR count). The zero-order valence-electron chi connectivity index (χ0n) is 8.62. The minimum absolute atomic E-state index is 0.213. The maximum atomic E-state index is 6.47. The molecule has 1 heterocycles. The molecule has 2 atom stereocenters. The van der Waals surface area contributed by atoms with Gasteiger partial charge < -0.3 is 5.73 Å². The molecule has 0 spiro atoms. The highest BCUT2D eigenvalue weighted by atomic mass is 35.5. The van der Waals surface area contributed by atoms with Crippen LogP contribution < -0.4 is 5.73 Å². The molecule has 0 amide bonds. The molecule has 0 aliphatic heterocycles. The van der Waals surface area contributed by atoms with Crippen LogP contribution in [0.5, 0.6) is 0 Å². The lowest BCUT2D eigenvalue weighted by molar-refractivity contribution is 0.480. The average molecular weight is 223 g/mol. The molecule has 1 aromatic heterocycles. The minimum atomic E-state index is -0.213. The van der Waals surface area contributed by atoms with Crippen molar-refractivity contribution in [2.24, 2.45) is 17.6 Å². The van der Waals surface area contributed by atoms with Crippen LogP contribution in [-0.4, -0.2) is 4.98 Å². The summed E-state index contributed by atoms with van der Waals surface area (Å²) in [5.74, 6) is 1.25. The lowest BCUT2D eigenvalue weighted by atomic mass is 10.0. The number of nitrogens with zero attached hydrogens (tertiary/aromatic N) is 1. The molecule has 2 nitrogen and oxygen atoms in total. The standard InChI is InChI=1S/C12H15ClN2/c13-10-6-3-7-15-11(10)12(14)8-4-1-2-5-9(8)12/h3,6-9H,1-2,4-5,14H2. The Bertz CT molecular complexity index is 379. The van der Waals surface area contributed by atoms with Crippen molar-refractivity contribution >= 4 is 11.6 Å². The Hall–Kier alpha value is -0.600. The Labute approximate surface area is 94.8 Å². The van der Waals surface area contributed by atoms with Crippen LogP contribution in [0.2, 0.25) is 5.02 Å². The predicted molar refractivity (Wildman–Crippen MR) is 60.6 cm³/mol. The van der Waals surface area contributed by atoms with Crippen LogP contribution >= 0.6 is 11.6 Å². The molecule has 2 unspecified atom stereocenters. The number of aromatic nitrogens is 1. The van der Waals surface area contributed by atoms with Crippen molar-refractivity contribution in [3.63, 3.8) is 0 Å². The van der Waals surface area contributed by atoms with E-state index in [0.29, 0.717) is 11.8 Å². The van der Waals surface area contributed by atoms with Crippen LogP contribution in [0, 0.1) is 11.8 Å². The molecule has 3 heteroatoms. The van der Waals surface area contributed by atoms with Crippen LogP contribution in [-0.2, 0) is 5.54 Å². The van der Waals surface area contributed by atoms with Crippen molar-refractivity contribution in [1.82, 2.24) is 4.98 Å². The first kappa shape index (κ1) is 9.61. The Morgan fingerprint density at radius 1 is 1.33 bits per heavy atom. The molecule has 2 N–H and O–H groups in total. The van der Waals surface area contributed by atoms with Gasteiger partial charge in [0.25, 0.3) is 0 Å². The topological polar surface area (TPSA) is 38.9 Å². The van der Waals surface area contributed by atoms with E-state index < -0.39 is 0 Å². The SMILES string of the molecule is NC1(c2ncccc2Cl)C2CCCCC21. The van der Waals surface area contributed by atoms with Gasteiger partial charge in [-0.1, -0.05) is 24.4 Å². The normalized spacial score (nSPS) is 38.5. The summed E-state index contributed by atoms with van der Waals surface area (Å²) in [6.45, 7) is 0. The fourth-order valence-corrected chi connectivity index (χ4v) is 3.51. The summed E-state index contributed by atoms with van der Waals surface area (Å²) in [5, 5.41) is 0.731. The molecule has 2 saturated carbocycles. The summed E-state index contributed by atoms with van der Waals surface area (Å²) < 4.78 is 0. The summed E-state index contributed by atoms with van der Waals surface area (Å²) in [6, 6.07) is 3.75. The van der Waals surface area contributed by atoms with Crippen molar-refractivity contribution in [2.75, 3.05) is 0 Å². The van der Waals surface area contributed by atoms with Crippen LogP contribution in [0.25, 0.3) is 0 Å². The van der Waals surface area contributed by atoms with E-state index in [9.17, 15) is 0 Å². The predicted octanol–water partition coefficient (Wildman–Crippen LogP) is 2.71. The number of nitrogens with two attached hydrogens (primary N) is 1. The second-order valence-corrected chi connectivity index (χ2v) is 5.17. The molecule has 2 aliphatic carbocycles. The highest BCUT2D eigenvalue weighted by Crippen LogP contribution is 2.63. The van der Waals surface area contributed by atoms with Crippen molar-refractivity contribution < 1.29 is 0 Å². The fraction of sp³-hybridized carbons (Fsp3) is 0.583. The molecule has 2 fully saturated rings. The molecular weight excluding hydrogens is 208 g/mol. The van der Waals surface area contributed by atoms with E-state index in [0.717, 1.165) is 10.7 Å². The van der Waals surface area contributed by atoms with E-state index in [-0.39, 0.29) is 5.54 Å². The number of hydrogen-bond donors (Lipinski definition) is 1. The Morgan fingerprint density at radius 2 is 2.00 bits per heavy atom. The Kier molecular flexibility index (Phi) is 2.05. The summed E-state index contributed by atoms with van der Waals surface area (Å²) in [7, 11) is 0. The molecule has 2 aliphatic rings. The molecule has 0 bridgehead atoms. The zero-order chi connectivity index (χ0) is 10.5. The monoisotopic (exact) mass is 222 g/mol. The van der Waals surface area contributed by atoms with Crippen molar-refractivity contribution in [2.45, 2.75) is 31.2 Å². The van der Waals surface area contributed by atoms with Gasteiger partial charge in [-0.15, -0.1) is 0 Å². The van der Waals surface area contributed by atoms with Gasteiger partial charge in [0.2, 0.25) is 0 Å². The van der Waals surface area contributed by atoms with Gasteiger partial charge in [-0.2, -0.15) is 0 Å². The maximum Gasteiger partial charge on any atom is 0.0794 e. The van der Waals surface area contributed by atoms with Gasteiger partial charge in [-0.05, 0) is 36.8 Å². The summed E-state index contributed by atoms with van der Waals surface area (Å²) in [5.41, 5.74) is 7.18. The summed E-state index contributed by atoms with van der Waals surface area (Å²) >= 11 is 6.17. The van der Waals surface area contributed by atoms with Crippen LogP contribution in [0.1, 0.15) is 31.4 Å². The van der Waals surface area contributed by atoms with Gasteiger partial charge in [0, 0.05) is 6.20 Å². The van der Waals surface area contributed by atoms with E-state index >= 15 is 0 Å². The lowest BCUT2D eigenvalue weighted by Gasteiger charge is -2.12. The average Bonchev–Trinajstić information content (AvgIpc) is 2.87. The van der Waals surface area contributed by atoms with Crippen molar-refractivity contribution in [1.29, 1.82) is 0 Å². The number of fused-ring (bicyclic) bond motifs is 1. The van der Waals surface area contributed by atoms with Crippen molar-refractivity contribution in [3.05, 3.63) is 29.0 Å². The third kappa shape index (κ3) is 1.25. The highest BCUT2D eigenvalue weighted by Gasteiger charge is 2.64. The third-order valence-corrected chi connectivity index (χ3v) is 4.36. The van der Waals surface area contributed by atoms with E-state index in [1.54, 1.807) is 6.20 Å². The number of rotatable bonds is 1. The van der Waals surface area contributed by atoms with Gasteiger partial charge >= 0.3 is 0 Å². The molecule has 0 radical (unpaired) electrons. The van der Waals surface area contributed by atoms with Gasteiger partial charge in [-0.25, -0.2) is 0 Å². The Morgan fingerprint density at radius 3 is 2.60 bits per heavy atom. The number of pyridine rings is 1. The molecule has 80 valence electrons. The smallest absolute Gasteiger partial charge is 0.0794 e. The zero-order valence-corrected chi connectivity index (χ0v) is 9.37. The molecule has 0 saturated heterocycles. The second-order valence-electron chi connectivity index (χ2n) is 4.76. The van der Waals surface area contributed by atoms with Gasteiger partial charge in [0.05, 0.1) is 16.3 Å². The number of hydrogen-bond acceptors (Lipinski definition) is 2. The lowest BCUT2D eigenvalue weighted by Crippen LogP contribution is -2.25. The van der Waals surface area contributed by atoms with Crippen molar-refractivity contribution in [3.8, 4) is 0 Å². The summed E-state index contributed by atoms with van der Waals surface area (Å²) in [6.07, 6.45) is 6.90. The van der Waals surface area contributed by atoms with Gasteiger partial charge in [0.15, 0.2) is 0 Å². The Balaban J connectivity index is 1.98. The van der Waals surface area contributed by atoms with Crippen LogP contribution in [0.15, 0.2) is 18.3 Å². The minimum Gasteiger partial charge on any atom is -0.320 e. The van der Waals surface area contributed by atoms with E-state index in [2.05, 4.69) is 4.98 Å². The van der Waals surface area contributed by atoms with Gasteiger partial charge in [0.1, 0.15) is 0 Å². The van der Waals surface area contributed by atoms with E-state index in [1.807, 2.05) is 12.1 Å². The quantitative estimate of drug-likeness (QED) is 0.794. The molecule has 1 aromatic rings. The van der Waals surface area contributed by atoms with Gasteiger partial charge in [-0.3, -0.25) is 4.98 Å². The fourth-order valence-electron chi connectivity index (χ4n) is 3.23. The molecule has 0 aromatic carbocycles. The first-order valence-corrected chi connectivity index (χ1v) is 6.02. The first-order valence-electron chi connectivity index (χ1n) is 5.64. The molecular formula is C12H15ClN2. The van der Waals surface area contributed by atoms with E-state index in [1.165, 1.54) is 25.7 Å². The summed E-state index contributed by atoms with van der Waals surface area (Å²) in [4.78, 5) is 4.38. The number of halogens is 1. The third-order valence-electron chi connectivity index (χ3n) is 4.05. The second kappa shape index (κ2) is 3.19. The first-order chi connectivity index (χ1) is 7.24. The highest BCUT2D eigenvalue weighted by molar-refractivity contribution is 6.31. The van der Waals surface area contributed by atoms with Crippen LogP contribution in [0.4, 0.5) is 0 Å². The van der Waals surface area contributed by atoms with Crippen LogP contribution in [0.3, 0.4) is 0 Å². The molecule has 15 heavy (non-hydrogen) atoms. The largest absolute Gasteiger partial charge is 0.320 e.